The predicted octanol–water partition coefficient (Wildman–Crippen LogP) is 7.87. The quantitative estimate of drug-likeness (QED) is 0.0752. The molecule has 185 valence electrons. The van der Waals surface area contributed by atoms with Gasteiger partial charge in [0.1, 0.15) is 0 Å². The molecule has 4 nitrogen and oxygen atoms in total. The molecule has 0 fully saturated rings. The second kappa shape index (κ2) is 24.7. The minimum Gasteiger partial charge on any atom is -0.419 e. The number of unbranched alkanes of at least 4 members (excludes halogenated alkanes) is 13. The Morgan fingerprint density at radius 2 is 0.806 bits per heavy atom. The fraction of sp³-hybridized carbons (Fsp3) is 1.00. The highest BCUT2D eigenvalue weighted by atomic mass is 28.2. The highest BCUT2D eigenvalue weighted by Crippen LogP contribution is 2.25. The number of hydrogen-bond acceptors (Lipinski definition) is 4. The van der Waals surface area contributed by atoms with Crippen LogP contribution in [-0.2, 0) is 18.6 Å². The smallest absolute Gasteiger partial charge is 0.282 e. The van der Waals surface area contributed by atoms with E-state index in [1.165, 1.54) is 77.0 Å². The summed E-state index contributed by atoms with van der Waals surface area (Å²) in [4.78, 5) is 0. The summed E-state index contributed by atoms with van der Waals surface area (Å²) in [5, 5.41) is 0. The second-order valence-electron chi connectivity index (χ2n) is 8.78. The molecule has 0 aromatic rings. The largest absolute Gasteiger partial charge is 0.419 e. The average Bonchev–Trinajstić information content (AvgIpc) is 2.78. The van der Waals surface area contributed by atoms with Crippen molar-refractivity contribution in [3.05, 3.63) is 0 Å². The Kier molecular flexibility index (Phi) is 24.7. The van der Waals surface area contributed by atoms with E-state index in [0.29, 0.717) is 26.4 Å². The van der Waals surface area contributed by atoms with Crippen molar-refractivity contribution in [1.29, 1.82) is 0 Å². The van der Waals surface area contributed by atoms with E-state index in [1.54, 1.807) is 0 Å². The average molecular weight is 458 g/mol. The van der Waals surface area contributed by atoms with Crippen LogP contribution >= 0.6 is 0 Å². The summed E-state index contributed by atoms with van der Waals surface area (Å²) in [6.45, 7) is 9.58. The van der Waals surface area contributed by atoms with Gasteiger partial charge in [0.25, 0.3) is 5.97 Å². The Morgan fingerprint density at radius 3 is 1.16 bits per heavy atom. The van der Waals surface area contributed by atoms with Crippen LogP contribution in [0.25, 0.3) is 0 Å². The van der Waals surface area contributed by atoms with Crippen molar-refractivity contribution < 1.29 is 18.6 Å². The van der Waals surface area contributed by atoms with Crippen molar-refractivity contribution in [3.8, 4) is 0 Å². The van der Waals surface area contributed by atoms with Crippen LogP contribution in [0.5, 0.6) is 0 Å². The third-order valence-corrected chi connectivity index (χ3v) is 5.89. The number of ether oxygens (including phenoxy) is 3. The molecule has 0 aromatic carbocycles. The first-order chi connectivity index (χ1) is 15.2. The highest BCUT2D eigenvalue weighted by molar-refractivity contribution is 5.97. The lowest BCUT2D eigenvalue weighted by Gasteiger charge is -2.34. The molecule has 3 radical (unpaired) electrons. The highest BCUT2D eigenvalue weighted by Gasteiger charge is 2.33. The molecule has 0 bridgehead atoms. The van der Waals surface area contributed by atoms with Gasteiger partial charge in [-0.1, -0.05) is 97.8 Å². The van der Waals surface area contributed by atoms with E-state index in [-0.39, 0.29) is 0 Å². The van der Waals surface area contributed by atoms with Gasteiger partial charge in [0.2, 0.25) is 10.5 Å². The first-order valence-electron chi connectivity index (χ1n) is 13.4. The molecule has 0 N–H and O–H groups in total. The SMILES string of the molecule is CCCCCCCOC(CCCCO[Si])(OCCCCCCC)OCCCCCCC. The van der Waals surface area contributed by atoms with Crippen LogP contribution in [0.2, 0.25) is 0 Å². The Morgan fingerprint density at radius 1 is 0.452 bits per heavy atom. The van der Waals surface area contributed by atoms with Gasteiger partial charge in [-0.05, 0) is 32.1 Å². The van der Waals surface area contributed by atoms with Crippen LogP contribution in [0.15, 0.2) is 0 Å². The fourth-order valence-corrected chi connectivity index (χ4v) is 3.80. The number of hydrogen-bond donors (Lipinski definition) is 0. The Bertz CT molecular complexity index is 301. The van der Waals surface area contributed by atoms with Crippen LogP contribution in [0.3, 0.4) is 0 Å². The van der Waals surface area contributed by atoms with Crippen LogP contribution in [-0.4, -0.2) is 42.9 Å². The van der Waals surface area contributed by atoms with Gasteiger partial charge in [0.15, 0.2) is 0 Å². The molecule has 0 rings (SSSR count). The van der Waals surface area contributed by atoms with Crippen molar-refractivity contribution in [2.75, 3.05) is 26.4 Å². The second-order valence-corrected chi connectivity index (χ2v) is 9.07. The normalized spacial score (nSPS) is 12.0. The van der Waals surface area contributed by atoms with Gasteiger partial charge in [-0.2, -0.15) is 0 Å². The minimum absolute atomic E-state index is 0.692. The molecule has 0 atom stereocenters. The molecule has 0 aliphatic heterocycles. The molecule has 0 spiro atoms. The van der Waals surface area contributed by atoms with Crippen molar-refractivity contribution in [3.63, 3.8) is 0 Å². The summed E-state index contributed by atoms with van der Waals surface area (Å²) in [7, 11) is 3.10. The van der Waals surface area contributed by atoms with E-state index in [9.17, 15) is 0 Å². The first kappa shape index (κ1) is 31.1. The summed E-state index contributed by atoms with van der Waals surface area (Å²) in [5.74, 6) is -0.883. The van der Waals surface area contributed by atoms with Crippen molar-refractivity contribution in [1.82, 2.24) is 0 Å². The minimum atomic E-state index is -0.883. The van der Waals surface area contributed by atoms with E-state index >= 15 is 0 Å². The summed E-state index contributed by atoms with van der Waals surface area (Å²) < 4.78 is 24.1. The maximum Gasteiger partial charge on any atom is 0.282 e. The molecular weight excluding hydrogens is 404 g/mol. The van der Waals surface area contributed by atoms with Gasteiger partial charge >= 0.3 is 0 Å². The van der Waals surface area contributed by atoms with Gasteiger partial charge in [-0.25, -0.2) is 0 Å². The molecular formula is C26H53O4Si. The molecule has 5 heteroatoms. The van der Waals surface area contributed by atoms with Gasteiger partial charge in [0, 0.05) is 13.0 Å². The lowest BCUT2D eigenvalue weighted by atomic mass is 10.1. The lowest BCUT2D eigenvalue weighted by molar-refractivity contribution is -0.384. The zero-order valence-electron chi connectivity index (χ0n) is 21.2. The number of rotatable bonds is 26. The molecule has 0 amide bonds. The fourth-order valence-electron chi connectivity index (χ4n) is 3.66. The van der Waals surface area contributed by atoms with Gasteiger partial charge in [-0.3, -0.25) is 0 Å². The molecule has 31 heavy (non-hydrogen) atoms. The molecule has 0 aromatic heterocycles. The van der Waals surface area contributed by atoms with Crippen LogP contribution in [0.4, 0.5) is 0 Å². The van der Waals surface area contributed by atoms with E-state index in [1.807, 2.05) is 0 Å². The standard InChI is InChI=1S/C26H53O4Si/c1-4-7-10-13-17-22-27-26(21-16-20-25-30-31,28-23-18-14-11-8-5-2)29-24-19-15-12-9-6-3/h4-25H2,1-3H3. The van der Waals surface area contributed by atoms with Crippen LogP contribution in [0.1, 0.15) is 136 Å². The van der Waals surface area contributed by atoms with E-state index in [0.717, 1.165) is 38.5 Å². The molecule has 0 aliphatic carbocycles. The van der Waals surface area contributed by atoms with E-state index < -0.39 is 5.97 Å². The molecule has 0 aliphatic rings. The predicted molar refractivity (Wildman–Crippen MR) is 132 cm³/mol. The monoisotopic (exact) mass is 457 g/mol. The third kappa shape index (κ3) is 20.4. The first-order valence-corrected chi connectivity index (χ1v) is 13.9. The van der Waals surface area contributed by atoms with Gasteiger partial charge in [0.05, 0.1) is 19.8 Å². The molecule has 0 unspecified atom stereocenters. The van der Waals surface area contributed by atoms with Gasteiger partial charge in [-0.15, -0.1) is 0 Å². The summed E-state index contributed by atoms with van der Waals surface area (Å²) in [6, 6.07) is 0. The van der Waals surface area contributed by atoms with Gasteiger partial charge < -0.3 is 18.6 Å². The maximum atomic E-state index is 6.35. The van der Waals surface area contributed by atoms with Crippen LogP contribution < -0.4 is 0 Å². The zero-order chi connectivity index (χ0) is 22.9. The Balaban J connectivity index is 4.68. The van der Waals surface area contributed by atoms with Crippen molar-refractivity contribution in [2.24, 2.45) is 0 Å². The molecule has 0 heterocycles. The van der Waals surface area contributed by atoms with E-state index in [4.69, 9.17) is 18.6 Å². The van der Waals surface area contributed by atoms with Crippen LogP contribution in [0, 0.1) is 0 Å². The Labute approximate surface area is 198 Å². The maximum absolute atomic E-state index is 6.35. The summed E-state index contributed by atoms with van der Waals surface area (Å²) >= 11 is 0. The summed E-state index contributed by atoms with van der Waals surface area (Å²) in [6.07, 6.45) is 21.1. The third-order valence-electron chi connectivity index (χ3n) is 5.69. The topological polar surface area (TPSA) is 36.9 Å². The van der Waals surface area contributed by atoms with Crippen molar-refractivity contribution in [2.45, 2.75) is 142 Å². The van der Waals surface area contributed by atoms with Crippen molar-refractivity contribution >= 4 is 10.5 Å². The zero-order valence-corrected chi connectivity index (χ0v) is 22.2. The Hall–Kier alpha value is 0.0569. The molecule has 0 saturated carbocycles. The van der Waals surface area contributed by atoms with E-state index in [2.05, 4.69) is 31.3 Å². The lowest BCUT2D eigenvalue weighted by Crippen LogP contribution is -2.40. The summed E-state index contributed by atoms with van der Waals surface area (Å²) in [5.41, 5.74) is 0. The molecule has 0 saturated heterocycles.